The molecule has 0 aliphatic carbocycles. The van der Waals surface area contributed by atoms with E-state index in [4.69, 9.17) is 16.7 Å². The number of benzene rings is 1. The molecule has 1 aromatic carbocycles. The number of carbonyl (C=O) groups excluding carboxylic acids is 1. The van der Waals surface area contributed by atoms with Crippen LogP contribution in [0.25, 0.3) is 0 Å². The lowest BCUT2D eigenvalue weighted by atomic mass is 10.3. The molecule has 156 valence electrons. The molecule has 0 radical (unpaired) electrons. The molecule has 13 nitrogen and oxygen atoms in total. The van der Waals surface area contributed by atoms with Crippen molar-refractivity contribution in [3.8, 4) is 0 Å². The average Bonchev–Trinajstić information content (AvgIpc) is 2.55. The van der Waals surface area contributed by atoms with Crippen molar-refractivity contribution in [2.45, 2.75) is 16.2 Å². The Kier molecular flexibility index (Phi) is 6.66. The van der Waals surface area contributed by atoms with Gasteiger partial charge in [0, 0.05) is 6.54 Å². The van der Waals surface area contributed by atoms with Crippen LogP contribution in [0.1, 0.15) is 6.42 Å². The number of fused-ring (bicyclic) bond motifs is 1. The highest BCUT2D eigenvalue weighted by molar-refractivity contribution is 7.90. The number of amides is 1. The van der Waals surface area contributed by atoms with Crippen molar-refractivity contribution in [1.29, 1.82) is 0 Å². The zero-order chi connectivity index (χ0) is 21.1. The van der Waals surface area contributed by atoms with Crippen molar-refractivity contribution in [1.82, 2.24) is 9.62 Å². The van der Waals surface area contributed by atoms with Gasteiger partial charge in [0.25, 0.3) is 5.09 Å². The predicted molar refractivity (Wildman–Crippen MR) is 95.8 cm³/mol. The Labute approximate surface area is 165 Å². The predicted octanol–water partition coefficient (Wildman–Crippen LogP) is -0.924. The van der Waals surface area contributed by atoms with Gasteiger partial charge in [0.2, 0.25) is 26.0 Å². The smallest absolute Gasteiger partial charge is 0.294 e. The minimum Gasteiger partial charge on any atom is -0.370 e. The summed E-state index contributed by atoms with van der Waals surface area (Å²) < 4.78 is 49.4. The fourth-order valence-electron chi connectivity index (χ4n) is 2.30. The molecule has 1 amide bonds. The van der Waals surface area contributed by atoms with Gasteiger partial charge >= 0.3 is 0 Å². The maximum atomic E-state index is 12.7. The molecule has 1 heterocycles. The maximum Gasteiger partial charge on any atom is 0.294 e. The fraction of sp³-hybridized carbons (Fsp3) is 0.417. The number of halogens is 1. The highest BCUT2D eigenvalue weighted by atomic mass is 35.5. The monoisotopic (exact) mass is 457 g/mol. The lowest BCUT2D eigenvalue weighted by molar-refractivity contribution is -0.757. The molecule has 1 aliphatic heterocycles. The number of hydrogen-bond donors (Lipinski definition) is 3. The van der Waals surface area contributed by atoms with E-state index < -0.39 is 42.5 Å². The van der Waals surface area contributed by atoms with Gasteiger partial charge in [-0.1, -0.05) is 11.6 Å². The minimum atomic E-state index is -4.26. The molecule has 1 aromatic rings. The van der Waals surface area contributed by atoms with Crippen molar-refractivity contribution < 1.29 is 31.6 Å². The first kappa shape index (κ1) is 22.1. The van der Waals surface area contributed by atoms with E-state index in [1.54, 1.807) is 0 Å². The van der Waals surface area contributed by atoms with Crippen LogP contribution in [-0.4, -0.2) is 58.5 Å². The van der Waals surface area contributed by atoms with E-state index in [9.17, 15) is 31.7 Å². The van der Waals surface area contributed by atoms with Gasteiger partial charge in [0.1, 0.15) is 9.79 Å². The van der Waals surface area contributed by atoms with Gasteiger partial charge in [-0.2, -0.15) is 4.31 Å². The number of sulfonamides is 2. The Bertz CT molecular complexity index is 998. The van der Waals surface area contributed by atoms with E-state index in [2.05, 4.69) is 15.5 Å². The van der Waals surface area contributed by atoms with Crippen LogP contribution in [0, 0.1) is 10.1 Å². The first-order valence-corrected chi connectivity index (χ1v) is 10.9. The van der Waals surface area contributed by atoms with Crippen LogP contribution >= 0.6 is 11.6 Å². The zero-order valence-corrected chi connectivity index (χ0v) is 16.5. The summed E-state index contributed by atoms with van der Waals surface area (Å²) in [6.45, 7) is -0.993. The number of nitrogens with zero attached hydrogens (tertiary/aromatic N) is 2. The normalized spacial score (nSPS) is 15.9. The minimum absolute atomic E-state index is 0.0375. The molecule has 4 N–H and O–H groups in total. The third kappa shape index (κ3) is 5.20. The number of anilines is 1. The van der Waals surface area contributed by atoms with Crippen LogP contribution in [0.2, 0.25) is 5.02 Å². The van der Waals surface area contributed by atoms with Crippen LogP contribution < -0.4 is 15.8 Å². The largest absolute Gasteiger partial charge is 0.370 e. The molecule has 0 saturated heterocycles. The fourth-order valence-corrected chi connectivity index (χ4v) is 4.95. The van der Waals surface area contributed by atoms with Crippen molar-refractivity contribution in [3.05, 3.63) is 27.3 Å². The summed E-state index contributed by atoms with van der Waals surface area (Å²) in [4.78, 5) is 25.1. The Morgan fingerprint density at radius 2 is 2.14 bits per heavy atom. The van der Waals surface area contributed by atoms with Gasteiger partial charge in [-0.3, -0.25) is 4.79 Å². The van der Waals surface area contributed by atoms with Crippen molar-refractivity contribution in [3.63, 3.8) is 0 Å². The molecule has 16 heteroatoms. The Morgan fingerprint density at radius 3 is 2.75 bits per heavy atom. The molecule has 28 heavy (non-hydrogen) atoms. The second-order valence-electron chi connectivity index (χ2n) is 5.53. The van der Waals surface area contributed by atoms with E-state index >= 15 is 0 Å². The summed E-state index contributed by atoms with van der Waals surface area (Å²) in [6, 6.07) is 1.95. The third-order valence-electron chi connectivity index (χ3n) is 3.56. The third-order valence-corrected chi connectivity index (χ3v) is 6.77. The van der Waals surface area contributed by atoms with E-state index in [-0.39, 0.29) is 41.8 Å². The second-order valence-corrected chi connectivity index (χ2v) is 9.38. The van der Waals surface area contributed by atoms with Crippen LogP contribution in [0.4, 0.5) is 5.69 Å². The van der Waals surface area contributed by atoms with E-state index in [0.29, 0.717) is 0 Å². The lowest BCUT2D eigenvalue weighted by Gasteiger charge is -2.29. The molecule has 0 bridgehead atoms. The molecule has 0 saturated carbocycles. The van der Waals surface area contributed by atoms with E-state index in [1.807, 2.05) is 0 Å². The molecule has 0 fully saturated rings. The molecule has 0 aromatic heterocycles. The van der Waals surface area contributed by atoms with Gasteiger partial charge in [-0.25, -0.2) is 22.0 Å². The molecule has 0 spiro atoms. The summed E-state index contributed by atoms with van der Waals surface area (Å²) in [7, 11) is -8.47. The van der Waals surface area contributed by atoms with Crippen molar-refractivity contribution >= 4 is 43.2 Å². The summed E-state index contributed by atoms with van der Waals surface area (Å²) >= 11 is 5.84. The Hall–Kier alpha value is -2.20. The number of hydrogen-bond acceptors (Lipinski definition) is 9. The van der Waals surface area contributed by atoms with Gasteiger partial charge in [-0.05, 0) is 18.6 Å². The highest BCUT2D eigenvalue weighted by Gasteiger charge is 2.34. The van der Waals surface area contributed by atoms with Gasteiger partial charge in [0.05, 0.1) is 30.5 Å². The van der Waals surface area contributed by atoms with Crippen molar-refractivity contribution in [2.24, 2.45) is 5.14 Å². The summed E-state index contributed by atoms with van der Waals surface area (Å²) in [5, 5.41) is 19.0. The lowest BCUT2D eigenvalue weighted by Crippen LogP contribution is -2.45. The topological polar surface area (TPSA) is 191 Å². The maximum absolute atomic E-state index is 12.7. The molecule has 2 rings (SSSR count). The summed E-state index contributed by atoms with van der Waals surface area (Å²) in [5.74, 6) is -0.657. The molecule has 1 aliphatic rings. The molecular formula is C12H16ClN5O8S2. The van der Waals surface area contributed by atoms with E-state index in [1.165, 1.54) is 0 Å². The zero-order valence-electron chi connectivity index (χ0n) is 14.1. The van der Waals surface area contributed by atoms with Crippen LogP contribution in [0.5, 0.6) is 0 Å². The van der Waals surface area contributed by atoms with Crippen LogP contribution in [-0.2, 0) is 29.7 Å². The number of primary sulfonamides is 1. The van der Waals surface area contributed by atoms with Gasteiger partial charge in [0.15, 0.2) is 0 Å². The Morgan fingerprint density at radius 1 is 1.46 bits per heavy atom. The number of nitrogens with two attached hydrogens (primary N) is 1. The van der Waals surface area contributed by atoms with E-state index in [0.717, 1.165) is 16.4 Å². The second kappa shape index (κ2) is 8.44. The molecule has 0 atom stereocenters. The molecule has 0 unspecified atom stereocenters. The SMILES string of the molecule is NS(=O)(=O)c1cc2c(cc1Cl)NCN(CC(=O)NCCCO[N+](=O)[O-])S2(=O)=O. The standard InChI is InChI=1S/C12H16ClN5O8S2/c13-8-4-9-11(5-10(8)27(14,22)23)28(24,25)17(7-16-9)6-12(19)15-2-1-3-26-18(20)21/h4-5,16H,1-3,6-7H2,(H,15,19)(H2,14,22,23). The van der Waals surface area contributed by atoms with Gasteiger partial charge < -0.3 is 15.5 Å². The average molecular weight is 458 g/mol. The number of rotatable bonds is 8. The highest BCUT2D eigenvalue weighted by Crippen LogP contribution is 2.35. The van der Waals surface area contributed by atoms with Gasteiger partial charge in [-0.15, -0.1) is 10.1 Å². The van der Waals surface area contributed by atoms with Crippen LogP contribution in [0.3, 0.4) is 0 Å². The first-order chi connectivity index (χ1) is 12.9. The summed E-state index contributed by atoms with van der Waals surface area (Å²) in [6.07, 6.45) is 0.150. The summed E-state index contributed by atoms with van der Waals surface area (Å²) in [5.41, 5.74) is 0.0750. The Balaban J connectivity index is 2.10. The first-order valence-electron chi connectivity index (χ1n) is 7.57. The molecular weight excluding hydrogens is 442 g/mol. The van der Waals surface area contributed by atoms with Crippen LogP contribution in [0.15, 0.2) is 21.9 Å². The number of carbonyl (C=O) groups is 1. The quantitative estimate of drug-likeness (QED) is 0.251. The number of nitrogens with one attached hydrogen (secondary N) is 2. The van der Waals surface area contributed by atoms with Crippen molar-refractivity contribution in [2.75, 3.05) is 31.7 Å².